The topological polar surface area (TPSA) is 6.48 Å². The number of hydrogen-bond donors (Lipinski definition) is 0. The van der Waals surface area contributed by atoms with E-state index in [1.807, 2.05) is 0 Å². The van der Waals surface area contributed by atoms with Gasteiger partial charge in [0, 0.05) is 31.9 Å². The molecule has 116 valence electrons. The van der Waals surface area contributed by atoms with Crippen molar-refractivity contribution in [3.05, 3.63) is 64.7 Å². The Morgan fingerprint density at radius 2 is 1.59 bits per heavy atom. The summed E-state index contributed by atoms with van der Waals surface area (Å²) in [6, 6.07) is 15.7. The Bertz CT molecular complexity index is 640. The van der Waals surface area contributed by atoms with E-state index in [0.29, 0.717) is 0 Å². The molecule has 0 radical (unpaired) electrons. The monoisotopic (exact) mass is 294 g/mol. The van der Waals surface area contributed by atoms with Gasteiger partial charge in [0.25, 0.3) is 0 Å². The number of likely N-dealkylation sites (N-methyl/N-ethyl adjacent to an activating group) is 1. The third-order valence-electron chi connectivity index (χ3n) is 4.71. The van der Waals surface area contributed by atoms with Gasteiger partial charge in [-0.1, -0.05) is 42.0 Å². The van der Waals surface area contributed by atoms with Gasteiger partial charge in [-0.05, 0) is 50.1 Å². The fourth-order valence-electron chi connectivity index (χ4n) is 3.27. The van der Waals surface area contributed by atoms with E-state index in [1.165, 1.54) is 27.9 Å². The van der Waals surface area contributed by atoms with E-state index in [9.17, 15) is 0 Å². The van der Waals surface area contributed by atoms with Gasteiger partial charge in [0.1, 0.15) is 0 Å². The van der Waals surface area contributed by atoms with Gasteiger partial charge in [-0.15, -0.1) is 0 Å². The fraction of sp³-hybridized carbons (Fsp3) is 0.400. The van der Waals surface area contributed by atoms with Crippen molar-refractivity contribution in [3.63, 3.8) is 0 Å². The third-order valence-corrected chi connectivity index (χ3v) is 4.71. The number of aryl methyl sites for hydroxylation is 2. The molecule has 0 aliphatic carbocycles. The Morgan fingerprint density at radius 3 is 2.32 bits per heavy atom. The summed E-state index contributed by atoms with van der Waals surface area (Å²) in [6.45, 7) is 8.94. The Hall–Kier alpha value is -1.80. The van der Waals surface area contributed by atoms with Crippen LogP contribution in [0.4, 0.5) is 5.69 Å². The summed E-state index contributed by atoms with van der Waals surface area (Å²) in [5, 5.41) is 0. The number of anilines is 1. The minimum Gasteiger partial charge on any atom is -0.369 e. The van der Waals surface area contributed by atoms with Crippen molar-refractivity contribution in [2.45, 2.75) is 20.3 Å². The molecule has 1 fully saturated rings. The summed E-state index contributed by atoms with van der Waals surface area (Å²) in [7, 11) is 2.21. The van der Waals surface area contributed by atoms with Crippen LogP contribution in [-0.2, 0) is 6.42 Å². The summed E-state index contributed by atoms with van der Waals surface area (Å²) in [4.78, 5) is 4.95. The average molecular weight is 294 g/mol. The molecular formula is C20H26N2. The van der Waals surface area contributed by atoms with E-state index in [1.54, 1.807) is 0 Å². The zero-order valence-electron chi connectivity index (χ0n) is 14.0. The fourth-order valence-corrected chi connectivity index (χ4v) is 3.27. The normalized spacial score (nSPS) is 16.0. The van der Waals surface area contributed by atoms with E-state index < -0.39 is 0 Å². The SMILES string of the molecule is Cc1ccc(Cc2ccccc2N2CCN(C)CC2)c(C)c1. The molecule has 3 rings (SSSR count). The molecule has 0 atom stereocenters. The lowest BCUT2D eigenvalue weighted by atomic mass is 9.97. The zero-order chi connectivity index (χ0) is 15.5. The van der Waals surface area contributed by atoms with Crippen molar-refractivity contribution < 1.29 is 0 Å². The molecule has 0 amide bonds. The lowest BCUT2D eigenvalue weighted by molar-refractivity contribution is 0.312. The third kappa shape index (κ3) is 3.33. The minimum absolute atomic E-state index is 1.02. The van der Waals surface area contributed by atoms with Crippen molar-refractivity contribution in [1.29, 1.82) is 0 Å². The van der Waals surface area contributed by atoms with Crippen LogP contribution in [-0.4, -0.2) is 38.1 Å². The lowest BCUT2D eigenvalue weighted by Crippen LogP contribution is -2.44. The lowest BCUT2D eigenvalue weighted by Gasteiger charge is -2.35. The minimum atomic E-state index is 1.02. The van der Waals surface area contributed by atoms with E-state index in [-0.39, 0.29) is 0 Å². The van der Waals surface area contributed by atoms with Gasteiger partial charge in [0.05, 0.1) is 0 Å². The summed E-state index contributed by atoms with van der Waals surface area (Å²) >= 11 is 0. The molecule has 1 heterocycles. The van der Waals surface area contributed by atoms with Crippen LogP contribution in [0.15, 0.2) is 42.5 Å². The predicted octanol–water partition coefficient (Wildman–Crippen LogP) is 3.65. The van der Waals surface area contributed by atoms with Gasteiger partial charge >= 0.3 is 0 Å². The number of hydrogen-bond acceptors (Lipinski definition) is 2. The Morgan fingerprint density at radius 1 is 0.864 bits per heavy atom. The largest absolute Gasteiger partial charge is 0.369 e. The molecule has 1 saturated heterocycles. The van der Waals surface area contributed by atoms with Gasteiger partial charge < -0.3 is 9.80 Å². The highest BCUT2D eigenvalue weighted by atomic mass is 15.2. The quantitative estimate of drug-likeness (QED) is 0.852. The molecule has 2 aromatic rings. The summed E-state index contributed by atoms with van der Waals surface area (Å²) in [5.74, 6) is 0. The summed E-state index contributed by atoms with van der Waals surface area (Å²) in [5.41, 5.74) is 7.03. The first-order valence-corrected chi connectivity index (χ1v) is 8.21. The molecule has 0 unspecified atom stereocenters. The van der Waals surface area contributed by atoms with Gasteiger partial charge in [0.15, 0.2) is 0 Å². The van der Waals surface area contributed by atoms with Crippen molar-refractivity contribution >= 4 is 5.69 Å². The second-order valence-electron chi connectivity index (χ2n) is 6.53. The van der Waals surface area contributed by atoms with Crippen LogP contribution in [0.1, 0.15) is 22.3 Å². The highest BCUT2D eigenvalue weighted by Gasteiger charge is 2.17. The average Bonchev–Trinajstić information content (AvgIpc) is 2.51. The summed E-state index contributed by atoms with van der Waals surface area (Å²) in [6.07, 6.45) is 1.02. The molecule has 1 aliphatic heterocycles. The van der Waals surface area contributed by atoms with Crippen molar-refractivity contribution in [2.24, 2.45) is 0 Å². The predicted molar refractivity (Wildman–Crippen MR) is 94.9 cm³/mol. The first-order chi connectivity index (χ1) is 10.6. The molecule has 1 aliphatic rings. The highest BCUT2D eigenvalue weighted by Crippen LogP contribution is 2.25. The molecule has 0 saturated carbocycles. The van der Waals surface area contributed by atoms with Crippen LogP contribution in [0.3, 0.4) is 0 Å². The second kappa shape index (κ2) is 6.53. The number of piperazine rings is 1. The van der Waals surface area contributed by atoms with Crippen LogP contribution in [0.5, 0.6) is 0 Å². The van der Waals surface area contributed by atoms with Crippen molar-refractivity contribution in [1.82, 2.24) is 4.90 Å². The first kappa shape index (κ1) is 15.1. The van der Waals surface area contributed by atoms with Gasteiger partial charge in [-0.3, -0.25) is 0 Å². The molecule has 0 spiro atoms. The van der Waals surface area contributed by atoms with Gasteiger partial charge in [-0.25, -0.2) is 0 Å². The molecule has 2 heteroatoms. The first-order valence-electron chi connectivity index (χ1n) is 8.21. The van der Waals surface area contributed by atoms with E-state index in [4.69, 9.17) is 0 Å². The summed E-state index contributed by atoms with van der Waals surface area (Å²) < 4.78 is 0. The van der Waals surface area contributed by atoms with Crippen LogP contribution in [0.2, 0.25) is 0 Å². The van der Waals surface area contributed by atoms with Crippen LogP contribution < -0.4 is 4.90 Å². The maximum absolute atomic E-state index is 2.54. The number of nitrogens with zero attached hydrogens (tertiary/aromatic N) is 2. The van der Waals surface area contributed by atoms with Crippen LogP contribution >= 0.6 is 0 Å². The number of para-hydroxylation sites is 1. The second-order valence-corrected chi connectivity index (χ2v) is 6.53. The van der Waals surface area contributed by atoms with E-state index in [2.05, 4.69) is 73.2 Å². The molecular weight excluding hydrogens is 268 g/mol. The standard InChI is InChI=1S/C20H26N2/c1-16-8-9-18(17(2)14-16)15-19-6-4-5-7-20(19)22-12-10-21(3)11-13-22/h4-9,14H,10-13,15H2,1-3H3. The Balaban J connectivity index is 1.85. The zero-order valence-corrected chi connectivity index (χ0v) is 14.0. The van der Waals surface area contributed by atoms with E-state index >= 15 is 0 Å². The van der Waals surface area contributed by atoms with Crippen LogP contribution in [0, 0.1) is 13.8 Å². The molecule has 22 heavy (non-hydrogen) atoms. The number of rotatable bonds is 3. The maximum Gasteiger partial charge on any atom is 0.0403 e. The van der Waals surface area contributed by atoms with Crippen molar-refractivity contribution in [2.75, 3.05) is 38.1 Å². The molecule has 2 nitrogen and oxygen atoms in total. The Kier molecular flexibility index (Phi) is 4.49. The smallest absolute Gasteiger partial charge is 0.0403 e. The number of benzene rings is 2. The van der Waals surface area contributed by atoms with E-state index in [0.717, 1.165) is 32.6 Å². The molecule has 0 bridgehead atoms. The van der Waals surface area contributed by atoms with Crippen molar-refractivity contribution in [3.8, 4) is 0 Å². The molecule has 0 N–H and O–H groups in total. The molecule has 0 aromatic heterocycles. The molecule has 2 aromatic carbocycles. The Labute approximate surface area is 134 Å². The van der Waals surface area contributed by atoms with Gasteiger partial charge in [-0.2, -0.15) is 0 Å². The maximum atomic E-state index is 2.54. The van der Waals surface area contributed by atoms with Gasteiger partial charge in [0.2, 0.25) is 0 Å². The van der Waals surface area contributed by atoms with Crippen LogP contribution in [0.25, 0.3) is 0 Å². The highest BCUT2D eigenvalue weighted by molar-refractivity contribution is 5.56.